The molecule has 2 aliphatic heterocycles. The summed E-state index contributed by atoms with van der Waals surface area (Å²) in [6.45, 7) is 4.50. The van der Waals surface area contributed by atoms with E-state index in [0.29, 0.717) is 37.9 Å². The van der Waals surface area contributed by atoms with Gasteiger partial charge in [0.15, 0.2) is 0 Å². The van der Waals surface area contributed by atoms with Crippen LogP contribution in [-0.4, -0.2) is 67.6 Å². The number of hydrogen-bond donors (Lipinski definition) is 1. The number of amides is 2. The minimum atomic E-state index is -0.310. The van der Waals surface area contributed by atoms with Gasteiger partial charge in [0.2, 0.25) is 11.8 Å². The number of rotatable bonds is 8. The fraction of sp³-hybridized carbons (Fsp3) is 0.440. The van der Waals surface area contributed by atoms with Crippen molar-refractivity contribution in [3.05, 3.63) is 70.7 Å². The van der Waals surface area contributed by atoms with Crippen LogP contribution in [0.25, 0.3) is 0 Å². The highest BCUT2D eigenvalue weighted by molar-refractivity contribution is 6.31. The van der Waals surface area contributed by atoms with E-state index < -0.39 is 0 Å². The van der Waals surface area contributed by atoms with Crippen molar-refractivity contribution in [2.24, 2.45) is 5.92 Å². The van der Waals surface area contributed by atoms with Gasteiger partial charge in [-0.1, -0.05) is 60.1 Å². The monoisotopic (exact) mass is 455 g/mol. The Morgan fingerprint density at radius 3 is 2.56 bits per heavy atom. The first-order valence-corrected chi connectivity index (χ1v) is 11.7. The third-order valence-corrected chi connectivity index (χ3v) is 6.66. The molecule has 4 rings (SSSR count). The van der Waals surface area contributed by atoms with Crippen molar-refractivity contribution in [1.82, 2.24) is 15.1 Å². The van der Waals surface area contributed by atoms with Crippen LogP contribution in [0.3, 0.4) is 0 Å². The lowest BCUT2D eigenvalue weighted by Gasteiger charge is -2.35. The summed E-state index contributed by atoms with van der Waals surface area (Å²) in [5.41, 5.74) is 2.20. The first-order valence-electron chi connectivity index (χ1n) is 11.3. The molecule has 2 aliphatic rings. The fourth-order valence-corrected chi connectivity index (χ4v) is 4.75. The molecule has 0 aliphatic carbocycles. The molecule has 2 saturated heterocycles. The molecule has 1 N–H and O–H groups in total. The second-order valence-electron chi connectivity index (χ2n) is 8.41. The molecule has 0 spiro atoms. The van der Waals surface area contributed by atoms with Crippen molar-refractivity contribution in [3.8, 4) is 0 Å². The van der Waals surface area contributed by atoms with Crippen molar-refractivity contribution < 1.29 is 14.3 Å². The molecule has 0 radical (unpaired) electrons. The summed E-state index contributed by atoms with van der Waals surface area (Å²) < 4.78 is 5.50. The first-order chi connectivity index (χ1) is 15.6. The van der Waals surface area contributed by atoms with Gasteiger partial charge in [-0.15, -0.1) is 0 Å². The smallest absolute Gasteiger partial charge is 0.225 e. The van der Waals surface area contributed by atoms with Gasteiger partial charge in [-0.3, -0.25) is 14.5 Å². The van der Waals surface area contributed by atoms with Gasteiger partial charge >= 0.3 is 0 Å². The average molecular weight is 456 g/mol. The van der Waals surface area contributed by atoms with Crippen LogP contribution in [0, 0.1) is 5.92 Å². The van der Waals surface area contributed by atoms with E-state index in [1.54, 1.807) is 0 Å². The Morgan fingerprint density at radius 2 is 1.81 bits per heavy atom. The molecule has 2 aromatic carbocycles. The van der Waals surface area contributed by atoms with Crippen LogP contribution in [0.15, 0.2) is 54.6 Å². The summed E-state index contributed by atoms with van der Waals surface area (Å²) in [4.78, 5) is 29.5. The predicted octanol–water partition coefficient (Wildman–Crippen LogP) is 2.92. The van der Waals surface area contributed by atoms with E-state index in [0.717, 1.165) is 25.1 Å². The Bertz CT molecular complexity index is 918. The second kappa shape index (κ2) is 10.9. The summed E-state index contributed by atoms with van der Waals surface area (Å²) in [6.07, 6.45) is 1.07. The summed E-state index contributed by atoms with van der Waals surface area (Å²) in [5, 5.41) is 3.80. The highest BCUT2D eigenvalue weighted by atomic mass is 35.5. The first kappa shape index (κ1) is 22.8. The van der Waals surface area contributed by atoms with Crippen LogP contribution in [0.4, 0.5) is 0 Å². The number of halogens is 1. The van der Waals surface area contributed by atoms with Gasteiger partial charge in [0, 0.05) is 44.2 Å². The molecule has 2 amide bonds. The number of nitrogens with zero attached hydrogens (tertiary/aromatic N) is 2. The number of benzene rings is 2. The molecule has 0 bridgehead atoms. The van der Waals surface area contributed by atoms with E-state index in [1.807, 2.05) is 47.4 Å². The molecule has 2 unspecified atom stereocenters. The lowest BCUT2D eigenvalue weighted by Crippen LogP contribution is -2.45. The summed E-state index contributed by atoms with van der Waals surface area (Å²) in [6, 6.07) is 17.9. The van der Waals surface area contributed by atoms with Gasteiger partial charge in [-0.25, -0.2) is 0 Å². The van der Waals surface area contributed by atoms with Gasteiger partial charge in [0.25, 0.3) is 0 Å². The Balaban J connectivity index is 1.34. The van der Waals surface area contributed by atoms with Gasteiger partial charge in [0.1, 0.15) is 0 Å². The van der Waals surface area contributed by atoms with E-state index in [4.69, 9.17) is 16.3 Å². The molecule has 0 aromatic heterocycles. The largest absolute Gasteiger partial charge is 0.379 e. The molecule has 0 saturated carbocycles. The van der Waals surface area contributed by atoms with Gasteiger partial charge < -0.3 is 15.0 Å². The third kappa shape index (κ3) is 5.68. The van der Waals surface area contributed by atoms with Crippen LogP contribution in [0.2, 0.25) is 5.02 Å². The maximum Gasteiger partial charge on any atom is 0.225 e. The van der Waals surface area contributed by atoms with E-state index in [2.05, 4.69) is 22.3 Å². The van der Waals surface area contributed by atoms with Crippen LogP contribution in [-0.2, 0) is 20.7 Å². The zero-order chi connectivity index (χ0) is 22.3. The number of ether oxygens (including phenoxy) is 1. The van der Waals surface area contributed by atoms with E-state index in [-0.39, 0.29) is 30.2 Å². The van der Waals surface area contributed by atoms with E-state index in [1.165, 1.54) is 5.56 Å². The molecule has 2 atom stereocenters. The lowest BCUT2D eigenvalue weighted by atomic mass is 10.0. The number of hydrogen-bond acceptors (Lipinski definition) is 4. The molecular weight excluding hydrogens is 426 g/mol. The summed E-state index contributed by atoms with van der Waals surface area (Å²) in [7, 11) is 0. The quantitative estimate of drug-likeness (QED) is 0.664. The molecule has 6 nitrogen and oxygen atoms in total. The van der Waals surface area contributed by atoms with E-state index >= 15 is 0 Å². The molecule has 7 heteroatoms. The van der Waals surface area contributed by atoms with Crippen molar-refractivity contribution in [1.29, 1.82) is 0 Å². The zero-order valence-electron chi connectivity index (χ0n) is 18.2. The standard InChI is InChI=1S/C25H30ClN3O3/c26-22-9-5-4-8-21(22)23(28-12-14-32-15-13-28)17-27-25(31)20-16-24(30)29(18-20)11-10-19-6-2-1-3-7-19/h1-9,20,23H,10-18H2,(H,27,31). The van der Waals surface area contributed by atoms with Crippen molar-refractivity contribution in [3.63, 3.8) is 0 Å². The minimum absolute atomic E-state index is 0.0251. The van der Waals surface area contributed by atoms with Crippen molar-refractivity contribution >= 4 is 23.4 Å². The molecule has 2 fully saturated rings. The van der Waals surface area contributed by atoms with Crippen LogP contribution in [0.1, 0.15) is 23.6 Å². The zero-order valence-corrected chi connectivity index (χ0v) is 19.0. The Labute approximate surface area is 194 Å². The summed E-state index contributed by atoms with van der Waals surface area (Å²) >= 11 is 6.48. The number of likely N-dealkylation sites (tertiary alicyclic amines) is 1. The predicted molar refractivity (Wildman–Crippen MR) is 124 cm³/mol. The van der Waals surface area contributed by atoms with Gasteiger partial charge in [-0.05, 0) is 23.6 Å². The van der Waals surface area contributed by atoms with Gasteiger partial charge in [-0.2, -0.15) is 0 Å². The van der Waals surface area contributed by atoms with Crippen LogP contribution in [0.5, 0.6) is 0 Å². The topological polar surface area (TPSA) is 61.9 Å². The highest BCUT2D eigenvalue weighted by Crippen LogP contribution is 2.28. The van der Waals surface area contributed by atoms with Crippen LogP contribution >= 0.6 is 11.6 Å². The number of morpholine rings is 1. The normalized spacial score (nSPS) is 20.3. The molecule has 2 heterocycles. The minimum Gasteiger partial charge on any atom is -0.379 e. The van der Waals surface area contributed by atoms with Crippen LogP contribution < -0.4 is 5.32 Å². The maximum atomic E-state index is 12.9. The number of nitrogens with one attached hydrogen (secondary N) is 1. The third-order valence-electron chi connectivity index (χ3n) is 6.32. The molecule has 2 aromatic rings. The van der Waals surface area contributed by atoms with Crippen molar-refractivity contribution in [2.45, 2.75) is 18.9 Å². The second-order valence-corrected chi connectivity index (χ2v) is 8.81. The number of carbonyl (C=O) groups excluding carboxylic acids is 2. The summed E-state index contributed by atoms with van der Waals surface area (Å²) in [5.74, 6) is -0.322. The van der Waals surface area contributed by atoms with E-state index in [9.17, 15) is 9.59 Å². The SMILES string of the molecule is O=C(NCC(c1ccccc1Cl)N1CCOCC1)C1CC(=O)N(CCc2ccccc2)C1. The van der Waals surface area contributed by atoms with Gasteiger partial charge in [0.05, 0.1) is 25.2 Å². The Hall–Kier alpha value is -2.41. The Morgan fingerprint density at radius 1 is 1.09 bits per heavy atom. The molecule has 32 heavy (non-hydrogen) atoms. The molecular formula is C25H30ClN3O3. The fourth-order valence-electron chi connectivity index (χ4n) is 4.48. The molecule has 170 valence electrons. The average Bonchev–Trinajstić information content (AvgIpc) is 3.21. The lowest BCUT2D eigenvalue weighted by molar-refractivity contribution is -0.129. The van der Waals surface area contributed by atoms with Crippen molar-refractivity contribution in [2.75, 3.05) is 45.9 Å². The highest BCUT2D eigenvalue weighted by Gasteiger charge is 2.34. The maximum absolute atomic E-state index is 12.9. The number of carbonyl (C=O) groups is 2. The Kier molecular flexibility index (Phi) is 7.79.